The molecule has 0 spiro atoms. The summed E-state index contributed by atoms with van der Waals surface area (Å²) < 4.78 is 0. The van der Waals surface area contributed by atoms with Crippen molar-refractivity contribution in [1.29, 1.82) is 0 Å². The lowest BCUT2D eigenvalue weighted by Crippen LogP contribution is -2.33. The molecule has 0 radical (unpaired) electrons. The van der Waals surface area contributed by atoms with E-state index in [1.807, 2.05) is 20.8 Å². The highest BCUT2D eigenvalue weighted by Gasteiger charge is 2.19. The van der Waals surface area contributed by atoms with Crippen LogP contribution in [-0.2, 0) is 4.79 Å². The number of nitrogens with two attached hydrogens (primary N) is 1. The predicted molar refractivity (Wildman–Crippen MR) is 43.2 cm³/mol. The van der Waals surface area contributed by atoms with Crippen LogP contribution < -0.4 is 5.73 Å². The van der Waals surface area contributed by atoms with Crippen LogP contribution in [0.5, 0.6) is 0 Å². The van der Waals surface area contributed by atoms with Crippen molar-refractivity contribution in [1.82, 2.24) is 0 Å². The van der Waals surface area contributed by atoms with Gasteiger partial charge in [0.05, 0.1) is 6.10 Å². The molecule has 0 aromatic carbocycles. The van der Waals surface area contributed by atoms with E-state index in [0.29, 0.717) is 6.54 Å². The third kappa shape index (κ3) is 9.39. The fraction of sp³-hybridized carbons (Fsp3) is 0.857. The molecule has 4 heteroatoms. The van der Waals surface area contributed by atoms with Gasteiger partial charge in [-0.3, -0.25) is 4.79 Å². The summed E-state index contributed by atoms with van der Waals surface area (Å²) in [5.41, 5.74) is 5.15. The quantitative estimate of drug-likeness (QED) is 0.477. The molecule has 0 bridgehead atoms. The van der Waals surface area contributed by atoms with E-state index in [4.69, 9.17) is 20.7 Å². The SMILES string of the molecule is CC(C)(C)C(O)CN.O=CO. The van der Waals surface area contributed by atoms with Crippen LogP contribution in [0, 0.1) is 5.41 Å². The largest absolute Gasteiger partial charge is 0.483 e. The molecule has 0 aromatic heterocycles. The zero-order valence-electron chi connectivity index (χ0n) is 7.24. The molecule has 1 unspecified atom stereocenters. The molecule has 0 saturated heterocycles. The van der Waals surface area contributed by atoms with Gasteiger partial charge >= 0.3 is 0 Å². The van der Waals surface area contributed by atoms with Crippen molar-refractivity contribution in [2.45, 2.75) is 26.9 Å². The van der Waals surface area contributed by atoms with Crippen LogP contribution in [0.25, 0.3) is 0 Å². The van der Waals surface area contributed by atoms with E-state index in [1.165, 1.54) is 0 Å². The Labute approximate surface area is 67.0 Å². The van der Waals surface area contributed by atoms with Gasteiger partial charge in [-0.15, -0.1) is 0 Å². The number of carbonyl (C=O) groups is 1. The Bertz CT molecular complexity index is 98.3. The van der Waals surface area contributed by atoms with Crippen LogP contribution in [0.1, 0.15) is 20.8 Å². The minimum absolute atomic E-state index is 0.0608. The zero-order chi connectivity index (χ0) is 9.49. The Morgan fingerprint density at radius 2 is 1.82 bits per heavy atom. The smallest absolute Gasteiger partial charge is 0.290 e. The van der Waals surface area contributed by atoms with Crippen LogP contribution in [-0.4, -0.2) is 29.3 Å². The standard InChI is InChI=1S/C6H15NO.CH2O2/c1-6(2,3)5(8)4-7;2-1-3/h5,8H,4,7H2,1-3H3;1H,(H,2,3). The molecule has 0 aliphatic heterocycles. The highest BCUT2D eigenvalue weighted by Crippen LogP contribution is 2.17. The van der Waals surface area contributed by atoms with Gasteiger partial charge in [0.2, 0.25) is 0 Å². The molecule has 11 heavy (non-hydrogen) atoms. The summed E-state index contributed by atoms with van der Waals surface area (Å²) in [6, 6.07) is 0. The van der Waals surface area contributed by atoms with Gasteiger partial charge in [0.15, 0.2) is 0 Å². The van der Waals surface area contributed by atoms with Crippen molar-refractivity contribution in [3.8, 4) is 0 Å². The molecule has 0 rings (SSSR count). The fourth-order valence-electron chi connectivity index (χ4n) is 0.354. The summed E-state index contributed by atoms with van der Waals surface area (Å²) in [5, 5.41) is 16.0. The lowest BCUT2D eigenvalue weighted by Gasteiger charge is -2.23. The molecular weight excluding hydrogens is 146 g/mol. The first-order valence-corrected chi connectivity index (χ1v) is 3.36. The van der Waals surface area contributed by atoms with Gasteiger partial charge < -0.3 is 15.9 Å². The summed E-state index contributed by atoms with van der Waals surface area (Å²) >= 11 is 0. The molecule has 4 N–H and O–H groups in total. The Hall–Kier alpha value is -0.610. The number of carboxylic acid groups (broad SMARTS) is 1. The molecule has 4 nitrogen and oxygen atoms in total. The topological polar surface area (TPSA) is 83.5 Å². The van der Waals surface area contributed by atoms with Crippen LogP contribution in [0.3, 0.4) is 0 Å². The van der Waals surface area contributed by atoms with Crippen molar-refractivity contribution in [2.75, 3.05) is 6.54 Å². The number of hydrogen-bond donors (Lipinski definition) is 3. The molecule has 0 aromatic rings. The summed E-state index contributed by atoms with van der Waals surface area (Å²) in [5.74, 6) is 0. The van der Waals surface area contributed by atoms with Crippen molar-refractivity contribution < 1.29 is 15.0 Å². The van der Waals surface area contributed by atoms with Crippen LogP contribution in [0.15, 0.2) is 0 Å². The Kier molecular flexibility index (Phi) is 7.24. The first kappa shape index (κ1) is 13.0. The van der Waals surface area contributed by atoms with Crippen molar-refractivity contribution >= 4 is 6.47 Å². The van der Waals surface area contributed by atoms with E-state index in [-0.39, 0.29) is 18.0 Å². The van der Waals surface area contributed by atoms with E-state index in [2.05, 4.69) is 0 Å². The molecule has 0 aliphatic rings. The van der Waals surface area contributed by atoms with Gasteiger partial charge in [-0.1, -0.05) is 20.8 Å². The van der Waals surface area contributed by atoms with Gasteiger partial charge in [0.25, 0.3) is 6.47 Å². The Morgan fingerprint density at radius 3 is 1.82 bits per heavy atom. The summed E-state index contributed by atoms with van der Waals surface area (Å²) in [7, 11) is 0. The summed E-state index contributed by atoms with van der Waals surface area (Å²) in [6.07, 6.45) is -0.373. The summed E-state index contributed by atoms with van der Waals surface area (Å²) in [6.45, 7) is 5.99. The van der Waals surface area contributed by atoms with E-state index in [1.54, 1.807) is 0 Å². The number of hydrogen-bond acceptors (Lipinski definition) is 3. The van der Waals surface area contributed by atoms with Crippen LogP contribution in [0.4, 0.5) is 0 Å². The molecule has 0 fully saturated rings. The first-order chi connectivity index (χ1) is 4.90. The normalized spacial score (nSPS) is 12.8. The maximum absolute atomic E-state index is 9.07. The maximum atomic E-state index is 9.07. The highest BCUT2D eigenvalue weighted by molar-refractivity contribution is 5.32. The van der Waals surface area contributed by atoms with Crippen molar-refractivity contribution in [2.24, 2.45) is 11.1 Å². The van der Waals surface area contributed by atoms with Crippen molar-refractivity contribution in [3.63, 3.8) is 0 Å². The second kappa shape index (κ2) is 6.12. The minimum Gasteiger partial charge on any atom is -0.483 e. The van der Waals surface area contributed by atoms with E-state index < -0.39 is 0 Å². The van der Waals surface area contributed by atoms with Gasteiger partial charge in [-0.25, -0.2) is 0 Å². The average Bonchev–Trinajstić information content (AvgIpc) is 1.86. The second-order valence-corrected chi connectivity index (χ2v) is 3.22. The molecule has 0 saturated carbocycles. The number of rotatable bonds is 1. The number of aliphatic hydroxyl groups excluding tert-OH is 1. The third-order valence-corrected chi connectivity index (χ3v) is 1.22. The van der Waals surface area contributed by atoms with E-state index >= 15 is 0 Å². The van der Waals surface area contributed by atoms with Gasteiger partial charge in [-0.05, 0) is 5.41 Å². The fourth-order valence-corrected chi connectivity index (χ4v) is 0.354. The molecule has 68 valence electrons. The summed E-state index contributed by atoms with van der Waals surface area (Å²) in [4.78, 5) is 8.36. The van der Waals surface area contributed by atoms with Gasteiger partial charge in [0, 0.05) is 6.54 Å². The van der Waals surface area contributed by atoms with Crippen LogP contribution >= 0.6 is 0 Å². The number of aliphatic hydroxyl groups is 1. The molecule has 0 amide bonds. The lowest BCUT2D eigenvalue weighted by atomic mass is 9.89. The monoisotopic (exact) mass is 163 g/mol. The predicted octanol–water partition coefficient (Wildman–Crippen LogP) is 0.0529. The Balaban J connectivity index is 0. The van der Waals surface area contributed by atoms with Gasteiger partial charge in [0.1, 0.15) is 0 Å². The molecule has 1 atom stereocenters. The third-order valence-electron chi connectivity index (χ3n) is 1.22. The average molecular weight is 163 g/mol. The van der Waals surface area contributed by atoms with E-state index in [9.17, 15) is 0 Å². The zero-order valence-corrected chi connectivity index (χ0v) is 7.24. The van der Waals surface area contributed by atoms with Gasteiger partial charge in [-0.2, -0.15) is 0 Å². The molecule has 0 aliphatic carbocycles. The molecule has 0 heterocycles. The maximum Gasteiger partial charge on any atom is 0.290 e. The molecular formula is C7H17NO3. The van der Waals surface area contributed by atoms with Crippen molar-refractivity contribution in [3.05, 3.63) is 0 Å². The highest BCUT2D eigenvalue weighted by atomic mass is 16.3. The lowest BCUT2D eigenvalue weighted by molar-refractivity contribution is -0.122. The first-order valence-electron chi connectivity index (χ1n) is 3.36. The Morgan fingerprint density at radius 1 is 1.55 bits per heavy atom. The van der Waals surface area contributed by atoms with Crippen LogP contribution in [0.2, 0.25) is 0 Å². The second-order valence-electron chi connectivity index (χ2n) is 3.22. The minimum atomic E-state index is -0.373. The van der Waals surface area contributed by atoms with E-state index in [0.717, 1.165) is 0 Å².